The van der Waals surface area contributed by atoms with Crippen molar-refractivity contribution in [3.8, 4) is 0 Å². The van der Waals surface area contributed by atoms with Crippen LogP contribution in [0.3, 0.4) is 0 Å². The van der Waals surface area contributed by atoms with Crippen LogP contribution in [-0.4, -0.2) is 36.0 Å². The van der Waals surface area contributed by atoms with E-state index >= 15 is 0 Å². The highest BCUT2D eigenvalue weighted by molar-refractivity contribution is 5.81. The molecule has 1 fully saturated rings. The second-order valence-electron chi connectivity index (χ2n) is 7.16. The number of nitrogens with one attached hydrogen (secondary N) is 1. The van der Waals surface area contributed by atoms with Gasteiger partial charge in [0.05, 0.1) is 11.6 Å². The van der Waals surface area contributed by atoms with Crippen molar-refractivity contribution in [1.29, 1.82) is 0 Å². The fourth-order valence-corrected chi connectivity index (χ4v) is 3.07. The average Bonchev–Trinajstić information content (AvgIpc) is 2.93. The smallest absolute Gasteiger partial charge is 0.351 e. The van der Waals surface area contributed by atoms with E-state index in [-0.39, 0.29) is 11.9 Å². The zero-order valence-corrected chi connectivity index (χ0v) is 14.6. The van der Waals surface area contributed by atoms with Gasteiger partial charge in [-0.3, -0.25) is 9.69 Å². The van der Waals surface area contributed by atoms with Gasteiger partial charge >= 0.3 is 6.18 Å². The molecule has 0 radical (unpaired) electrons. The van der Waals surface area contributed by atoms with E-state index in [1.165, 1.54) is 12.1 Å². The van der Waals surface area contributed by atoms with E-state index in [1.54, 1.807) is 0 Å². The molecule has 0 spiro atoms. The van der Waals surface area contributed by atoms with Crippen molar-refractivity contribution >= 4 is 5.91 Å². The number of hydrogen-bond acceptors (Lipinski definition) is 3. The molecule has 0 saturated carbocycles. The number of alkyl halides is 3. The van der Waals surface area contributed by atoms with Crippen LogP contribution in [0.5, 0.6) is 0 Å². The lowest BCUT2D eigenvalue weighted by Crippen LogP contribution is -2.46. The normalized spacial score (nSPS) is 20.0. The van der Waals surface area contributed by atoms with Crippen LogP contribution in [0.2, 0.25) is 0 Å². The SMILES string of the molecule is CC(C)C[C@H](N)C(=O)NC1CCN(Cc2ccc(C(F)(F)F)cc2)C1. The van der Waals surface area contributed by atoms with Crippen molar-refractivity contribution in [2.45, 2.75) is 51.5 Å². The molecule has 0 aromatic heterocycles. The van der Waals surface area contributed by atoms with Crippen LogP contribution in [0.4, 0.5) is 13.2 Å². The summed E-state index contributed by atoms with van der Waals surface area (Å²) in [5.74, 6) is 0.232. The number of carbonyl (C=O) groups excluding carboxylic acids is 1. The third kappa shape index (κ3) is 6.01. The Kier molecular flexibility index (Phi) is 6.46. The van der Waals surface area contributed by atoms with Gasteiger partial charge in [0, 0.05) is 25.7 Å². The van der Waals surface area contributed by atoms with Crippen molar-refractivity contribution in [2.24, 2.45) is 11.7 Å². The first-order chi connectivity index (χ1) is 11.6. The maximum absolute atomic E-state index is 12.6. The molecule has 1 aliphatic rings. The number of halogens is 3. The molecular formula is C18H26F3N3O. The Hall–Kier alpha value is -1.60. The summed E-state index contributed by atoms with van der Waals surface area (Å²) in [4.78, 5) is 14.2. The summed E-state index contributed by atoms with van der Waals surface area (Å²) in [5.41, 5.74) is 6.08. The lowest BCUT2D eigenvalue weighted by molar-refractivity contribution is -0.137. The maximum Gasteiger partial charge on any atom is 0.416 e. The standard InChI is InChI=1S/C18H26F3N3O/c1-12(2)9-16(22)17(25)23-15-7-8-24(11-15)10-13-3-5-14(6-4-13)18(19,20)21/h3-6,12,15-16H,7-11,22H2,1-2H3,(H,23,25)/t15?,16-/m0/s1. The zero-order valence-electron chi connectivity index (χ0n) is 14.6. The zero-order chi connectivity index (χ0) is 18.6. The molecule has 25 heavy (non-hydrogen) atoms. The predicted molar refractivity (Wildman–Crippen MR) is 90.7 cm³/mol. The third-order valence-corrected chi connectivity index (χ3v) is 4.37. The molecule has 1 amide bonds. The second kappa shape index (κ2) is 8.19. The molecule has 140 valence electrons. The highest BCUT2D eigenvalue weighted by Gasteiger charge is 2.30. The molecule has 0 bridgehead atoms. The van der Waals surface area contributed by atoms with E-state index in [0.717, 1.165) is 30.7 Å². The number of amides is 1. The predicted octanol–water partition coefficient (Wildman–Crippen LogP) is 2.77. The molecule has 0 aliphatic carbocycles. The minimum Gasteiger partial charge on any atom is -0.351 e. The van der Waals surface area contributed by atoms with Gasteiger partial charge in [-0.1, -0.05) is 26.0 Å². The molecule has 3 N–H and O–H groups in total. The largest absolute Gasteiger partial charge is 0.416 e. The molecule has 1 unspecified atom stereocenters. The Bertz CT molecular complexity index is 572. The quantitative estimate of drug-likeness (QED) is 0.823. The van der Waals surface area contributed by atoms with Crippen molar-refractivity contribution in [2.75, 3.05) is 13.1 Å². The van der Waals surface area contributed by atoms with E-state index in [1.807, 2.05) is 13.8 Å². The van der Waals surface area contributed by atoms with Gasteiger partial charge in [0.25, 0.3) is 0 Å². The summed E-state index contributed by atoms with van der Waals surface area (Å²) in [6.07, 6.45) is -2.84. The van der Waals surface area contributed by atoms with Gasteiger partial charge in [0.15, 0.2) is 0 Å². The van der Waals surface area contributed by atoms with Crippen LogP contribution < -0.4 is 11.1 Å². The fourth-order valence-electron chi connectivity index (χ4n) is 3.07. The molecule has 2 rings (SSSR count). The number of rotatable bonds is 6. The summed E-state index contributed by atoms with van der Waals surface area (Å²) in [6.45, 7) is 6.10. The number of carbonyl (C=O) groups is 1. The summed E-state index contributed by atoms with van der Waals surface area (Å²) in [7, 11) is 0. The summed E-state index contributed by atoms with van der Waals surface area (Å²) in [5, 5.41) is 2.97. The molecule has 7 heteroatoms. The Labute approximate surface area is 146 Å². The average molecular weight is 357 g/mol. The summed E-state index contributed by atoms with van der Waals surface area (Å²) in [6, 6.07) is 4.77. The van der Waals surface area contributed by atoms with Crippen molar-refractivity contribution < 1.29 is 18.0 Å². The van der Waals surface area contributed by atoms with Crippen LogP contribution in [0.1, 0.15) is 37.8 Å². The first-order valence-electron chi connectivity index (χ1n) is 8.59. The number of hydrogen-bond donors (Lipinski definition) is 2. The molecule has 1 heterocycles. The monoisotopic (exact) mass is 357 g/mol. The number of benzene rings is 1. The van der Waals surface area contributed by atoms with Gasteiger partial charge in [0.2, 0.25) is 5.91 Å². The van der Waals surface area contributed by atoms with Crippen molar-refractivity contribution in [1.82, 2.24) is 10.2 Å². The van der Waals surface area contributed by atoms with Gasteiger partial charge < -0.3 is 11.1 Å². The van der Waals surface area contributed by atoms with E-state index < -0.39 is 17.8 Å². The minimum absolute atomic E-state index is 0.0418. The third-order valence-electron chi connectivity index (χ3n) is 4.37. The van der Waals surface area contributed by atoms with Crippen LogP contribution in [0.15, 0.2) is 24.3 Å². The van der Waals surface area contributed by atoms with Crippen LogP contribution in [0, 0.1) is 5.92 Å². The lowest BCUT2D eigenvalue weighted by atomic mass is 10.0. The minimum atomic E-state index is -4.31. The van der Waals surface area contributed by atoms with Gasteiger partial charge in [0.1, 0.15) is 0 Å². The van der Waals surface area contributed by atoms with E-state index in [4.69, 9.17) is 5.73 Å². The van der Waals surface area contributed by atoms with Crippen LogP contribution in [-0.2, 0) is 17.5 Å². The van der Waals surface area contributed by atoms with Gasteiger partial charge in [-0.2, -0.15) is 13.2 Å². The Morgan fingerprint density at radius 2 is 1.96 bits per heavy atom. The number of likely N-dealkylation sites (tertiary alicyclic amines) is 1. The fraction of sp³-hybridized carbons (Fsp3) is 0.611. The molecule has 1 aromatic rings. The lowest BCUT2D eigenvalue weighted by Gasteiger charge is -2.19. The van der Waals surface area contributed by atoms with Crippen molar-refractivity contribution in [3.05, 3.63) is 35.4 Å². The van der Waals surface area contributed by atoms with E-state index in [0.29, 0.717) is 25.4 Å². The first kappa shape index (κ1) is 19.7. The molecule has 1 aliphatic heterocycles. The Morgan fingerprint density at radius 1 is 1.32 bits per heavy atom. The molecular weight excluding hydrogens is 331 g/mol. The highest BCUT2D eigenvalue weighted by atomic mass is 19.4. The summed E-state index contributed by atoms with van der Waals surface area (Å²) < 4.78 is 37.7. The first-order valence-corrected chi connectivity index (χ1v) is 8.59. The molecule has 4 nitrogen and oxygen atoms in total. The molecule has 2 atom stereocenters. The Balaban J connectivity index is 1.82. The highest BCUT2D eigenvalue weighted by Crippen LogP contribution is 2.29. The number of nitrogens with two attached hydrogens (primary N) is 1. The Morgan fingerprint density at radius 3 is 2.52 bits per heavy atom. The molecule has 1 aromatic carbocycles. The topological polar surface area (TPSA) is 58.4 Å². The van der Waals surface area contributed by atoms with E-state index in [2.05, 4.69) is 10.2 Å². The van der Waals surface area contributed by atoms with Gasteiger partial charge in [-0.25, -0.2) is 0 Å². The van der Waals surface area contributed by atoms with Crippen LogP contribution >= 0.6 is 0 Å². The van der Waals surface area contributed by atoms with Gasteiger partial charge in [-0.15, -0.1) is 0 Å². The number of nitrogens with zero attached hydrogens (tertiary/aromatic N) is 1. The maximum atomic E-state index is 12.6. The summed E-state index contributed by atoms with van der Waals surface area (Å²) >= 11 is 0. The van der Waals surface area contributed by atoms with Crippen LogP contribution in [0.25, 0.3) is 0 Å². The van der Waals surface area contributed by atoms with Gasteiger partial charge in [-0.05, 0) is 36.5 Å². The molecule has 1 saturated heterocycles. The van der Waals surface area contributed by atoms with E-state index in [9.17, 15) is 18.0 Å². The second-order valence-corrected chi connectivity index (χ2v) is 7.16. The van der Waals surface area contributed by atoms with Crippen molar-refractivity contribution in [3.63, 3.8) is 0 Å².